The van der Waals surface area contributed by atoms with Crippen molar-refractivity contribution in [2.24, 2.45) is 5.73 Å². The van der Waals surface area contributed by atoms with Crippen LogP contribution in [0.1, 0.15) is 34.9 Å². The number of rotatable bonds is 4. The van der Waals surface area contributed by atoms with Gasteiger partial charge in [-0.1, -0.05) is 5.16 Å². The Morgan fingerprint density at radius 1 is 0.913 bits per heavy atom. The number of amides is 2. The number of carboxylic acid groups (broad SMARTS) is 3. The van der Waals surface area contributed by atoms with Gasteiger partial charge in [-0.2, -0.15) is 44.6 Å². The molecule has 46 heavy (non-hydrogen) atoms. The van der Waals surface area contributed by atoms with Crippen molar-refractivity contribution >= 4 is 41.3 Å². The summed E-state index contributed by atoms with van der Waals surface area (Å²) < 4.78 is 102. The minimum atomic E-state index is -5.08. The molecule has 0 atom stereocenters. The Bertz CT molecular complexity index is 1270. The van der Waals surface area contributed by atoms with E-state index in [1.54, 1.807) is 24.2 Å². The van der Waals surface area contributed by atoms with Gasteiger partial charge in [0.1, 0.15) is 5.56 Å². The van der Waals surface area contributed by atoms with Gasteiger partial charge in [-0.05, 0) is 19.8 Å². The van der Waals surface area contributed by atoms with Crippen molar-refractivity contribution in [1.82, 2.24) is 19.8 Å². The molecule has 2 aromatic heterocycles. The molecule has 0 spiro atoms. The number of anilines is 2. The van der Waals surface area contributed by atoms with Gasteiger partial charge in [0.2, 0.25) is 11.8 Å². The highest BCUT2D eigenvalue weighted by atomic mass is 19.4. The highest BCUT2D eigenvalue weighted by molar-refractivity contribution is 6.07. The van der Waals surface area contributed by atoms with Crippen LogP contribution in [0.25, 0.3) is 0 Å². The van der Waals surface area contributed by atoms with Crippen molar-refractivity contribution in [3.8, 4) is 0 Å². The predicted molar refractivity (Wildman–Crippen MR) is 131 cm³/mol. The van der Waals surface area contributed by atoms with Crippen molar-refractivity contribution < 1.29 is 83.3 Å². The van der Waals surface area contributed by atoms with E-state index in [-0.39, 0.29) is 35.8 Å². The molecule has 2 amide bonds. The highest BCUT2D eigenvalue weighted by Gasteiger charge is 2.39. The molecule has 1 aliphatic rings. The van der Waals surface area contributed by atoms with Crippen LogP contribution in [0, 0.1) is 6.92 Å². The van der Waals surface area contributed by atoms with E-state index < -0.39 is 36.4 Å². The number of hydrogen-bond donors (Lipinski definition) is 6. The molecule has 1 saturated heterocycles. The van der Waals surface area contributed by atoms with E-state index in [1.165, 1.54) is 0 Å². The molecule has 0 aromatic carbocycles. The zero-order chi connectivity index (χ0) is 36.2. The summed E-state index contributed by atoms with van der Waals surface area (Å²) in [6.07, 6.45) is -10.3. The molecule has 3 heterocycles. The van der Waals surface area contributed by atoms with Crippen molar-refractivity contribution in [2.75, 3.05) is 30.7 Å². The maximum absolute atomic E-state index is 12.3. The molecule has 0 bridgehead atoms. The molecule has 2 aromatic rings. The lowest BCUT2D eigenvalue weighted by atomic mass is 10.1. The third-order valence-electron chi connectivity index (χ3n) is 5.07. The lowest BCUT2D eigenvalue weighted by molar-refractivity contribution is -0.193. The minimum absolute atomic E-state index is 0.0145. The smallest absolute Gasteiger partial charge is 0.475 e. The number of likely N-dealkylation sites (tertiary alicyclic amines) is 1. The molecule has 1 aliphatic heterocycles. The van der Waals surface area contributed by atoms with Gasteiger partial charge >= 0.3 is 36.4 Å². The van der Waals surface area contributed by atoms with E-state index in [4.69, 9.17) is 45.7 Å². The fourth-order valence-corrected chi connectivity index (χ4v) is 2.97. The maximum Gasteiger partial charge on any atom is 0.490 e. The largest absolute Gasteiger partial charge is 0.490 e. The van der Waals surface area contributed by atoms with Gasteiger partial charge in [-0.3, -0.25) is 14.3 Å². The van der Waals surface area contributed by atoms with E-state index in [0.717, 1.165) is 12.8 Å². The number of hydrogen-bond acceptors (Lipinski definition) is 10. The van der Waals surface area contributed by atoms with Gasteiger partial charge in [0.05, 0.1) is 30.2 Å². The second-order valence-electron chi connectivity index (χ2n) is 8.40. The second-order valence-corrected chi connectivity index (χ2v) is 8.40. The van der Waals surface area contributed by atoms with Crippen LogP contribution < -0.4 is 16.8 Å². The average Bonchev–Trinajstić information content (AvgIpc) is 3.53. The molecule has 8 N–H and O–H groups in total. The number of piperidine rings is 1. The van der Waals surface area contributed by atoms with Gasteiger partial charge < -0.3 is 41.5 Å². The molecular formula is C21H24F9N7O9. The number of nitrogen functional groups attached to an aromatic ring is 1. The zero-order valence-corrected chi connectivity index (χ0v) is 22.9. The summed E-state index contributed by atoms with van der Waals surface area (Å²) in [5.41, 5.74) is 12.2. The molecule has 0 unspecified atom stereocenters. The first-order chi connectivity index (χ1) is 20.8. The Morgan fingerprint density at radius 3 is 1.65 bits per heavy atom. The quantitative estimate of drug-likeness (QED) is 0.252. The van der Waals surface area contributed by atoms with Gasteiger partial charge in [0.25, 0.3) is 5.91 Å². The Morgan fingerprint density at radius 2 is 1.33 bits per heavy atom. The van der Waals surface area contributed by atoms with E-state index in [0.29, 0.717) is 24.5 Å². The standard InChI is InChI=1S/C15H21N7O3.3C2HF3O2/c1-9-13(14(17)25-20-9)15(24)19-10-7-18-22(8-10)11-2-4-21(5-3-11)12(23)6-16;3*3-2(4,5)1(6)7/h7-8,11H,2-6,16-17H2,1H3,(H,19,24);3*(H,6,7). The summed E-state index contributed by atoms with van der Waals surface area (Å²) in [4.78, 5) is 52.3. The third-order valence-corrected chi connectivity index (χ3v) is 5.07. The molecule has 0 aliphatic carbocycles. The summed E-state index contributed by atoms with van der Waals surface area (Å²) in [7, 11) is 0. The number of halogens is 9. The molecule has 0 radical (unpaired) electrons. The first-order valence-corrected chi connectivity index (χ1v) is 11.8. The highest BCUT2D eigenvalue weighted by Crippen LogP contribution is 2.24. The predicted octanol–water partition coefficient (Wildman–Crippen LogP) is 2.04. The van der Waals surface area contributed by atoms with E-state index in [2.05, 4.69) is 15.6 Å². The van der Waals surface area contributed by atoms with Crippen molar-refractivity contribution in [3.05, 3.63) is 23.7 Å². The van der Waals surface area contributed by atoms with Crippen LogP contribution >= 0.6 is 0 Å². The van der Waals surface area contributed by atoms with Crippen LogP contribution in [0.4, 0.5) is 51.1 Å². The van der Waals surface area contributed by atoms with Crippen molar-refractivity contribution in [1.29, 1.82) is 0 Å². The number of aromatic nitrogens is 3. The van der Waals surface area contributed by atoms with E-state index in [1.807, 2.05) is 4.68 Å². The fraction of sp³-hybridized carbons (Fsp3) is 0.476. The number of aryl methyl sites for hydroxylation is 1. The molecule has 260 valence electrons. The lowest BCUT2D eigenvalue weighted by Gasteiger charge is -2.31. The monoisotopic (exact) mass is 689 g/mol. The summed E-state index contributed by atoms with van der Waals surface area (Å²) >= 11 is 0. The Balaban J connectivity index is 0.000000786. The SMILES string of the molecule is Cc1noc(N)c1C(=O)Nc1cnn(C2CCN(C(=O)CN)CC2)c1.O=C(O)C(F)(F)F.O=C(O)C(F)(F)F.O=C(O)C(F)(F)F. The number of carbonyl (C=O) groups is 5. The third kappa shape index (κ3) is 14.1. The molecule has 25 heteroatoms. The van der Waals surface area contributed by atoms with Crippen LogP contribution in [0.3, 0.4) is 0 Å². The molecular weight excluding hydrogens is 665 g/mol. The topological polar surface area (TPSA) is 257 Å². The van der Waals surface area contributed by atoms with Gasteiger partial charge in [-0.15, -0.1) is 0 Å². The fourth-order valence-electron chi connectivity index (χ4n) is 2.97. The number of nitrogens with zero attached hydrogens (tertiary/aromatic N) is 4. The maximum atomic E-state index is 12.3. The molecule has 1 fully saturated rings. The Labute approximate surface area is 249 Å². The minimum Gasteiger partial charge on any atom is -0.475 e. The lowest BCUT2D eigenvalue weighted by Crippen LogP contribution is -2.42. The summed E-state index contributed by atoms with van der Waals surface area (Å²) in [6.45, 7) is 2.99. The van der Waals surface area contributed by atoms with Crippen molar-refractivity contribution in [2.45, 2.75) is 44.3 Å². The van der Waals surface area contributed by atoms with Crippen LogP contribution in [0.15, 0.2) is 16.9 Å². The van der Waals surface area contributed by atoms with Gasteiger partial charge in [0, 0.05) is 19.3 Å². The molecule has 0 saturated carbocycles. The number of nitrogens with one attached hydrogen (secondary N) is 1. The number of aliphatic carboxylic acids is 3. The molecule has 3 rings (SSSR count). The van der Waals surface area contributed by atoms with Crippen LogP contribution in [-0.2, 0) is 19.2 Å². The number of carbonyl (C=O) groups excluding carboxylic acids is 2. The molecule has 16 nitrogen and oxygen atoms in total. The van der Waals surface area contributed by atoms with E-state index in [9.17, 15) is 49.1 Å². The normalized spacial score (nSPS) is 13.5. The zero-order valence-electron chi connectivity index (χ0n) is 22.9. The summed E-state index contributed by atoms with van der Waals surface area (Å²) in [5, 5.41) is 32.1. The van der Waals surface area contributed by atoms with E-state index >= 15 is 0 Å². The Kier molecular flexibility index (Phi) is 15.0. The summed E-state index contributed by atoms with van der Waals surface area (Å²) in [5.74, 6) is -8.71. The number of alkyl halides is 9. The summed E-state index contributed by atoms with van der Waals surface area (Å²) in [6, 6.07) is 0.176. The Hall–Kier alpha value is -5.10. The first kappa shape index (κ1) is 40.9. The average molecular weight is 689 g/mol. The number of carboxylic acids is 3. The number of nitrogens with two attached hydrogens (primary N) is 2. The van der Waals surface area contributed by atoms with Gasteiger partial charge in [0.15, 0.2) is 0 Å². The van der Waals surface area contributed by atoms with Crippen LogP contribution in [-0.4, -0.2) is 103 Å². The first-order valence-electron chi connectivity index (χ1n) is 11.8. The van der Waals surface area contributed by atoms with Crippen LogP contribution in [0.5, 0.6) is 0 Å². The van der Waals surface area contributed by atoms with Gasteiger partial charge in [-0.25, -0.2) is 14.4 Å². The van der Waals surface area contributed by atoms with Crippen molar-refractivity contribution in [3.63, 3.8) is 0 Å². The van der Waals surface area contributed by atoms with Crippen LogP contribution in [0.2, 0.25) is 0 Å². The second kappa shape index (κ2) is 16.8.